The Labute approximate surface area is 89.6 Å². The van der Waals surface area contributed by atoms with E-state index >= 15 is 0 Å². The van der Waals surface area contributed by atoms with Crippen LogP contribution in [0.4, 0.5) is 0 Å². The number of halogens is 1. The molecule has 1 atom stereocenters. The Hall–Kier alpha value is -0.790. The molecule has 0 saturated heterocycles. The lowest BCUT2D eigenvalue weighted by Crippen LogP contribution is -2.19. The van der Waals surface area contributed by atoms with Crippen LogP contribution in [0.5, 0.6) is 0 Å². The summed E-state index contributed by atoms with van der Waals surface area (Å²) in [6.07, 6.45) is 4.36. The molecule has 1 nitrogen and oxygen atoms in total. The number of hydrogen-bond donors (Lipinski definition) is 1. The molecule has 74 valence electrons. The molecule has 0 saturated carbocycles. The average molecular weight is 208 g/mol. The minimum absolute atomic E-state index is 0.0638. The quantitative estimate of drug-likeness (QED) is 0.753. The average Bonchev–Trinajstić information content (AvgIpc) is 2.17. The van der Waals surface area contributed by atoms with Gasteiger partial charge < -0.3 is 5.73 Å². The Kier molecular flexibility index (Phi) is 2.62. The molecule has 0 aromatic heterocycles. The maximum atomic E-state index is 6.18. The first-order chi connectivity index (χ1) is 6.70. The largest absolute Gasteiger partial charge is 0.324 e. The second kappa shape index (κ2) is 3.76. The molecule has 0 radical (unpaired) electrons. The first kappa shape index (κ1) is 9.75. The van der Waals surface area contributed by atoms with Gasteiger partial charge in [-0.2, -0.15) is 0 Å². The number of aryl methyl sites for hydroxylation is 1. The Morgan fingerprint density at radius 1 is 1.43 bits per heavy atom. The van der Waals surface area contributed by atoms with Crippen molar-refractivity contribution in [3.05, 3.63) is 40.4 Å². The summed E-state index contributed by atoms with van der Waals surface area (Å²) < 4.78 is 0. The van der Waals surface area contributed by atoms with E-state index in [4.69, 9.17) is 17.3 Å². The fourth-order valence-electron chi connectivity index (χ4n) is 2.00. The zero-order valence-electron chi connectivity index (χ0n) is 8.26. The summed E-state index contributed by atoms with van der Waals surface area (Å²) in [5, 5.41) is 0.825. The molecule has 1 aliphatic carbocycles. The van der Waals surface area contributed by atoms with Crippen LogP contribution in [-0.4, -0.2) is 6.04 Å². The summed E-state index contributed by atoms with van der Waals surface area (Å²) in [6, 6.07) is 6.14. The number of fused-ring (bicyclic) bond motifs is 1. The van der Waals surface area contributed by atoms with Crippen LogP contribution in [0.1, 0.15) is 24.5 Å². The van der Waals surface area contributed by atoms with Crippen molar-refractivity contribution in [1.82, 2.24) is 0 Å². The molecule has 0 bridgehead atoms. The molecule has 0 aliphatic heterocycles. The van der Waals surface area contributed by atoms with E-state index in [2.05, 4.69) is 12.1 Å². The molecule has 1 aliphatic rings. The summed E-state index contributed by atoms with van der Waals surface area (Å²) in [5.74, 6) is 0. The van der Waals surface area contributed by atoms with Crippen molar-refractivity contribution in [3.8, 4) is 0 Å². The van der Waals surface area contributed by atoms with E-state index in [0.717, 1.165) is 23.4 Å². The van der Waals surface area contributed by atoms with Crippen LogP contribution in [-0.2, 0) is 6.42 Å². The number of benzene rings is 1. The standard InChI is InChI=1S/C12H14ClN/c1-8(14)10-6-2-4-9-5-3-7-11(13)12(9)10/h3,5-8H,2,4,14H2,1H3. The second-order valence-electron chi connectivity index (χ2n) is 3.76. The van der Waals surface area contributed by atoms with Crippen LogP contribution in [0.15, 0.2) is 24.3 Å². The third-order valence-corrected chi connectivity index (χ3v) is 2.97. The zero-order chi connectivity index (χ0) is 10.1. The summed E-state index contributed by atoms with van der Waals surface area (Å²) in [5.41, 5.74) is 9.60. The maximum Gasteiger partial charge on any atom is 0.0484 e. The van der Waals surface area contributed by atoms with Crippen LogP contribution in [0.3, 0.4) is 0 Å². The molecule has 0 fully saturated rings. The van der Waals surface area contributed by atoms with Crippen LogP contribution < -0.4 is 5.73 Å². The molecule has 2 rings (SSSR count). The molecule has 14 heavy (non-hydrogen) atoms. The van der Waals surface area contributed by atoms with E-state index < -0.39 is 0 Å². The fraction of sp³-hybridized carbons (Fsp3) is 0.333. The Bertz CT molecular complexity index is 380. The summed E-state index contributed by atoms with van der Waals surface area (Å²) in [4.78, 5) is 0. The number of allylic oxidation sites excluding steroid dienone is 1. The molecule has 1 aromatic rings. The Morgan fingerprint density at radius 2 is 2.21 bits per heavy atom. The molecule has 0 amide bonds. The van der Waals surface area contributed by atoms with E-state index in [0.29, 0.717) is 0 Å². The molecule has 2 N–H and O–H groups in total. The van der Waals surface area contributed by atoms with Gasteiger partial charge >= 0.3 is 0 Å². The first-order valence-corrected chi connectivity index (χ1v) is 5.31. The topological polar surface area (TPSA) is 26.0 Å². The summed E-state index contributed by atoms with van der Waals surface area (Å²) >= 11 is 6.18. The highest BCUT2D eigenvalue weighted by Crippen LogP contribution is 2.33. The van der Waals surface area contributed by atoms with Crippen molar-refractivity contribution in [2.75, 3.05) is 0 Å². The van der Waals surface area contributed by atoms with Gasteiger partial charge in [0, 0.05) is 16.6 Å². The minimum atomic E-state index is 0.0638. The van der Waals surface area contributed by atoms with Gasteiger partial charge in [0.15, 0.2) is 0 Å². The third kappa shape index (κ3) is 1.58. The van der Waals surface area contributed by atoms with Crippen molar-refractivity contribution in [2.24, 2.45) is 5.73 Å². The van der Waals surface area contributed by atoms with Crippen molar-refractivity contribution >= 4 is 17.2 Å². The van der Waals surface area contributed by atoms with Gasteiger partial charge in [-0.1, -0.05) is 29.8 Å². The van der Waals surface area contributed by atoms with Gasteiger partial charge in [0.2, 0.25) is 0 Å². The van der Waals surface area contributed by atoms with Gasteiger partial charge in [-0.15, -0.1) is 0 Å². The highest BCUT2D eigenvalue weighted by Gasteiger charge is 2.17. The minimum Gasteiger partial charge on any atom is -0.324 e. The molecule has 0 heterocycles. The maximum absolute atomic E-state index is 6.18. The fourth-order valence-corrected chi connectivity index (χ4v) is 2.30. The highest BCUT2D eigenvalue weighted by molar-refractivity contribution is 6.32. The molecule has 1 unspecified atom stereocenters. The van der Waals surface area contributed by atoms with Crippen LogP contribution in [0.2, 0.25) is 5.02 Å². The number of rotatable bonds is 1. The Balaban J connectivity index is 2.56. The van der Waals surface area contributed by atoms with Gasteiger partial charge in [0.25, 0.3) is 0 Å². The van der Waals surface area contributed by atoms with Gasteiger partial charge in [-0.25, -0.2) is 0 Å². The van der Waals surface area contributed by atoms with Gasteiger partial charge in [-0.3, -0.25) is 0 Å². The van der Waals surface area contributed by atoms with E-state index in [-0.39, 0.29) is 6.04 Å². The van der Waals surface area contributed by atoms with Crippen LogP contribution >= 0.6 is 11.6 Å². The van der Waals surface area contributed by atoms with Crippen molar-refractivity contribution < 1.29 is 0 Å². The van der Waals surface area contributed by atoms with Crippen molar-refractivity contribution in [2.45, 2.75) is 25.8 Å². The van der Waals surface area contributed by atoms with E-state index in [1.54, 1.807) is 0 Å². The third-order valence-electron chi connectivity index (χ3n) is 2.66. The summed E-state index contributed by atoms with van der Waals surface area (Å²) in [6.45, 7) is 2.00. The normalized spacial score (nSPS) is 17.2. The van der Waals surface area contributed by atoms with Crippen molar-refractivity contribution in [1.29, 1.82) is 0 Å². The Morgan fingerprint density at radius 3 is 2.93 bits per heavy atom. The van der Waals surface area contributed by atoms with E-state index in [1.807, 2.05) is 19.1 Å². The highest BCUT2D eigenvalue weighted by atomic mass is 35.5. The van der Waals surface area contributed by atoms with Crippen molar-refractivity contribution in [3.63, 3.8) is 0 Å². The lowest BCUT2D eigenvalue weighted by Gasteiger charge is -2.21. The zero-order valence-corrected chi connectivity index (χ0v) is 9.01. The predicted molar refractivity (Wildman–Crippen MR) is 61.4 cm³/mol. The SMILES string of the molecule is CC(N)C1=CCCc2cccc(Cl)c21. The van der Waals surface area contributed by atoms with Gasteiger partial charge in [0.05, 0.1) is 0 Å². The monoisotopic (exact) mass is 207 g/mol. The first-order valence-electron chi connectivity index (χ1n) is 4.93. The molecular weight excluding hydrogens is 194 g/mol. The molecular formula is C12H14ClN. The number of nitrogens with two attached hydrogens (primary N) is 1. The predicted octanol–water partition coefficient (Wildman–Crippen LogP) is 3.02. The van der Waals surface area contributed by atoms with E-state index in [1.165, 1.54) is 11.1 Å². The van der Waals surface area contributed by atoms with Crippen LogP contribution in [0.25, 0.3) is 5.57 Å². The summed E-state index contributed by atoms with van der Waals surface area (Å²) in [7, 11) is 0. The lowest BCUT2D eigenvalue weighted by atomic mass is 9.88. The van der Waals surface area contributed by atoms with Gasteiger partial charge in [-0.05, 0) is 37.0 Å². The molecule has 0 spiro atoms. The van der Waals surface area contributed by atoms with Gasteiger partial charge in [0.1, 0.15) is 0 Å². The smallest absolute Gasteiger partial charge is 0.0484 e. The number of hydrogen-bond acceptors (Lipinski definition) is 1. The van der Waals surface area contributed by atoms with E-state index in [9.17, 15) is 0 Å². The second-order valence-corrected chi connectivity index (χ2v) is 4.17. The molecule has 2 heteroatoms. The lowest BCUT2D eigenvalue weighted by molar-refractivity contribution is 0.897. The van der Waals surface area contributed by atoms with Crippen LogP contribution in [0, 0.1) is 0 Å². The molecule has 1 aromatic carbocycles.